The van der Waals surface area contributed by atoms with Gasteiger partial charge in [-0.15, -0.1) is 0 Å². The van der Waals surface area contributed by atoms with Crippen LogP contribution >= 0.6 is 31.7 Å². The van der Waals surface area contributed by atoms with E-state index in [9.17, 15) is 14.4 Å². The van der Waals surface area contributed by atoms with Gasteiger partial charge in [0.15, 0.2) is 5.57 Å². The first-order chi connectivity index (χ1) is 10.8. The van der Waals surface area contributed by atoms with E-state index in [2.05, 4.69) is 0 Å². The number of carbonyl (C=O) groups is 3. The Bertz CT molecular complexity index is 640. The lowest BCUT2D eigenvalue weighted by molar-refractivity contribution is -0.141. The Morgan fingerprint density at radius 1 is 1.13 bits per heavy atom. The van der Waals surface area contributed by atoms with Crippen molar-refractivity contribution in [2.45, 2.75) is 13.8 Å². The fourth-order valence-electron chi connectivity index (χ4n) is 1.66. The van der Waals surface area contributed by atoms with Crippen LogP contribution in [0.1, 0.15) is 18.1 Å². The number of aryl methyl sites for hydroxylation is 1. The zero-order chi connectivity index (χ0) is 17.6. The molecule has 0 unspecified atom stereocenters. The number of hydrogen-bond acceptors (Lipinski definition) is 5. The summed E-state index contributed by atoms with van der Waals surface area (Å²) >= 11 is 2.49. The Morgan fingerprint density at radius 3 is 2.13 bits per heavy atom. The lowest BCUT2D eigenvalue weighted by Gasteiger charge is -2.15. The average molecular weight is 394 g/mol. The summed E-state index contributed by atoms with van der Waals surface area (Å²) in [5, 5.41) is -1.34. The molecule has 0 amide bonds. The molecule has 0 radical (unpaired) electrons. The molecule has 0 aromatic heterocycles. The summed E-state index contributed by atoms with van der Waals surface area (Å²) in [6.45, 7) is 3.40. The summed E-state index contributed by atoms with van der Waals surface area (Å²) in [7, 11) is 11.5. The van der Waals surface area contributed by atoms with Gasteiger partial charge in [0.05, 0.1) is 6.61 Å². The second kappa shape index (κ2) is 9.31. The van der Waals surface area contributed by atoms with Crippen molar-refractivity contribution in [1.82, 2.24) is 0 Å². The van der Waals surface area contributed by atoms with Gasteiger partial charge in [-0.3, -0.25) is 9.59 Å². The fraction of sp³-hybridized carbons (Fsp3) is 0.214. The van der Waals surface area contributed by atoms with Crippen LogP contribution in [0.15, 0.2) is 29.8 Å². The van der Waals surface area contributed by atoms with Crippen LogP contribution in [0.4, 0.5) is 0 Å². The van der Waals surface area contributed by atoms with Crippen molar-refractivity contribution in [1.29, 1.82) is 0 Å². The number of ether oxygens (including phenoxy) is 1. The Hall–Kier alpha value is -1.03. The number of esters is 1. The van der Waals surface area contributed by atoms with E-state index in [0.29, 0.717) is 5.56 Å². The van der Waals surface area contributed by atoms with Crippen LogP contribution in [0, 0.1) is 6.92 Å². The van der Waals surface area contributed by atoms with Crippen LogP contribution in [-0.4, -0.2) is 36.2 Å². The summed E-state index contributed by atoms with van der Waals surface area (Å²) in [4.78, 5) is 35.4. The van der Waals surface area contributed by atoms with Crippen molar-refractivity contribution >= 4 is 67.1 Å². The van der Waals surface area contributed by atoms with Crippen molar-refractivity contribution in [2.75, 3.05) is 6.61 Å². The molecule has 1 aromatic carbocycles. The number of Topliss-reactive ketones (excluding diaryl/α,β-unsaturated/α-hetero) is 1. The maximum atomic E-state index is 12.1. The molecule has 122 valence electrons. The van der Waals surface area contributed by atoms with Crippen LogP contribution in [0.3, 0.4) is 0 Å². The van der Waals surface area contributed by atoms with Gasteiger partial charge in [-0.05, 0) is 25.4 Å². The topological polar surface area (TPSA) is 69.7 Å². The number of hydrogen-bond donors (Lipinski definition) is 0. The van der Waals surface area contributed by atoms with E-state index in [-0.39, 0.29) is 12.4 Å². The first-order valence-electron chi connectivity index (χ1n) is 6.45. The van der Waals surface area contributed by atoms with Crippen molar-refractivity contribution in [3.8, 4) is 0 Å². The summed E-state index contributed by atoms with van der Waals surface area (Å²) in [6.07, 6.45) is 0. The van der Waals surface area contributed by atoms with E-state index in [1.54, 1.807) is 31.2 Å². The van der Waals surface area contributed by atoms with Gasteiger partial charge in [-0.25, -0.2) is 4.79 Å². The highest BCUT2D eigenvalue weighted by atomic mass is 35.7. The lowest BCUT2D eigenvalue weighted by Crippen LogP contribution is -2.23. The van der Waals surface area contributed by atoms with Crippen LogP contribution in [0.5, 0.6) is 0 Å². The first-order valence-corrected chi connectivity index (χ1v) is 10.8. The lowest BCUT2D eigenvalue weighted by atomic mass is 10.0. The minimum atomic E-state index is -2.73. The van der Waals surface area contributed by atoms with E-state index in [0.717, 1.165) is 5.56 Å². The number of benzene rings is 1. The van der Waals surface area contributed by atoms with Gasteiger partial charge in [0.1, 0.15) is 5.76 Å². The quantitative estimate of drug-likeness (QED) is 0.104. The van der Waals surface area contributed by atoms with Crippen molar-refractivity contribution in [2.24, 2.45) is 0 Å². The molecular formula is C14H12AlCl3O5. The van der Waals surface area contributed by atoms with Gasteiger partial charge in [0.25, 0.3) is 11.0 Å². The maximum absolute atomic E-state index is 12.1. The zero-order valence-electron chi connectivity index (χ0n) is 12.3. The number of ketones is 1. The van der Waals surface area contributed by atoms with E-state index in [1.807, 2.05) is 6.92 Å². The summed E-state index contributed by atoms with van der Waals surface area (Å²) in [5.41, 5.74) is 0.661. The second-order valence-electron chi connectivity index (χ2n) is 4.27. The van der Waals surface area contributed by atoms with Crippen LogP contribution < -0.4 is 0 Å². The summed E-state index contributed by atoms with van der Waals surface area (Å²) in [5.74, 6) is -2.50. The third-order valence-corrected chi connectivity index (χ3v) is 3.75. The Labute approximate surface area is 151 Å². The standard InChI is InChI=1S/C14H13ClO5.Al.2ClH/c1-3-20-14(19)10(12(17)13(15)18)11(16)9-6-4-8(2)5-7-9;;;/h4-7,16H,3H2,1-2H3;;2*1H/q;+3;;/p-3/b11-10-;;;. The predicted octanol–water partition coefficient (Wildman–Crippen LogP) is 3.08. The number of carbonyl (C=O) groups excluding carboxylic acids is 3. The minimum Gasteiger partial charge on any atom is -0.619 e. The predicted molar refractivity (Wildman–Crippen MR) is 89.1 cm³/mol. The molecule has 0 aliphatic heterocycles. The Morgan fingerprint density at radius 2 is 1.70 bits per heavy atom. The minimum absolute atomic E-state index is 0.00409. The highest BCUT2D eigenvalue weighted by Crippen LogP contribution is 2.25. The zero-order valence-corrected chi connectivity index (χ0v) is 15.7. The molecule has 1 aromatic rings. The van der Waals surface area contributed by atoms with Gasteiger partial charge in [0.2, 0.25) is 0 Å². The van der Waals surface area contributed by atoms with Crippen molar-refractivity contribution < 1.29 is 22.9 Å². The van der Waals surface area contributed by atoms with Gasteiger partial charge < -0.3 is 8.53 Å². The molecule has 0 atom stereocenters. The molecule has 0 N–H and O–H groups in total. The van der Waals surface area contributed by atoms with Crippen molar-refractivity contribution in [3.05, 3.63) is 41.0 Å². The summed E-state index contributed by atoms with van der Waals surface area (Å²) in [6, 6.07) is 6.65. The molecule has 5 nitrogen and oxygen atoms in total. The number of halogens is 3. The molecule has 0 saturated carbocycles. The number of rotatable bonds is 7. The van der Waals surface area contributed by atoms with E-state index in [1.165, 1.54) is 0 Å². The molecule has 0 aliphatic rings. The van der Waals surface area contributed by atoms with Crippen LogP contribution in [0.25, 0.3) is 5.76 Å². The first kappa shape index (κ1) is 20.0. The molecule has 9 heteroatoms. The van der Waals surface area contributed by atoms with Crippen LogP contribution in [-0.2, 0) is 22.9 Å². The smallest absolute Gasteiger partial charge is 0.619 e. The van der Waals surface area contributed by atoms with E-state index in [4.69, 9.17) is 40.2 Å². The summed E-state index contributed by atoms with van der Waals surface area (Å²) < 4.78 is 10.1. The Balaban J connectivity index is 3.57. The molecule has 0 spiro atoms. The monoisotopic (exact) mass is 392 g/mol. The SMILES string of the molecule is CCOC(=O)/C(C(=O)C(=O)Cl)=C(\[O][Al]([Cl])[Cl])c1ccc(C)cc1. The van der Waals surface area contributed by atoms with Crippen molar-refractivity contribution in [3.63, 3.8) is 0 Å². The van der Waals surface area contributed by atoms with Gasteiger partial charge >= 0.3 is 18.6 Å². The molecule has 0 heterocycles. The maximum Gasteiger partial charge on any atom is 0.815 e. The third-order valence-electron chi connectivity index (χ3n) is 2.63. The molecule has 0 aliphatic carbocycles. The largest absolute Gasteiger partial charge is 0.815 e. The van der Waals surface area contributed by atoms with Gasteiger partial charge in [-0.1, -0.05) is 29.8 Å². The molecule has 0 fully saturated rings. The normalized spacial score (nSPS) is 11.3. The Kier molecular flexibility index (Phi) is 8.11. The highest BCUT2D eigenvalue weighted by Gasteiger charge is 2.33. The fourth-order valence-corrected chi connectivity index (χ4v) is 2.72. The average Bonchev–Trinajstić information content (AvgIpc) is 2.47. The molecule has 23 heavy (non-hydrogen) atoms. The molecule has 1 rings (SSSR count). The highest BCUT2D eigenvalue weighted by molar-refractivity contribution is 7.31. The van der Waals surface area contributed by atoms with Gasteiger partial charge in [-0.2, -0.15) is 20.1 Å². The van der Waals surface area contributed by atoms with E-state index < -0.39 is 35.2 Å². The van der Waals surface area contributed by atoms with Gasteiger partial charge in [0, 0.05) is 5.56 Å². The third kappa shape index (κ3) is 5.83. The molecular weight excluding hydrogens is 381 g/mol. The molecule has 0 saturated heterocycles. The van der Waals surface area contributed by atoms with E-state index >= 15 is 0 Å². The van der Waals surface area contributed by atoms with Crippen LogP contribution in [0.2, 0.25) is 0 Å². The second-order valence-corrected chi connectivity index (χ2v) is 8.42. The molecule has 0 bridgehead atoms.